The van der Waals surface area contributed by atoms with Crippen LogP contribution in [0.15, 0.2) is 12.1 Å². The van der Waals surface area contributed by atoms with Gasteiger partial charge in [0, 0.05) is 18.7 Å². The molecule has 1 unspecified atom stereocenters. The summed E-state index contributed by atoms with van der Waals surface area (Å²) in [5, 5.41) is 14.2. The highest BCUT2D eigenvalue weighted by Gasteiger charge is 2.17. The fraction of sp³-hybridized carbons (Fsp3) is 0.333. The lowest BCUT2D eigenvalue weighted by atomic mass is 10.2. The Balaban J connectivity index is 2.86. The van der Waals surface area contributed by atoms with Crippen molar-refractivity contribution in [2.75, 3.05) is 19.0 Å². The second-order valence-corrected chi connectivity index (χ2v) is 4.84. The van der Waals surface area contributed by atoms with Crippen molar-refractivity contribution in [2.45, 2.75) is 13.0 Å². The molecule has 0 bridgehead atoms. The second-order valence-electron chi connectivity index (χ2n) is 4.00. The third-order valence-corrected chi connectivity index (χ3v) is 2.99. The van der Waals surface area contributed by atoms with Gasteiger partial charge in [-0.1, -0.05) is 23.2 Å². The molecule has 3 N–H and O–H groups in total. The topological polar surface area (TPSA) is 87.7 Å². The number of nitrogens with one attached hydrogen (secondary N) is 2. The molecule has 0 aliphatic rings. The maximum absolute atomic E-state index is 11.7. The van der Waals surface area contributed by atoms with Crippen molar-refractivity contribution in [3.63, 3.8) is 0 Å². The summed E-state index contributed by atoms with van der Waals surface area (Å²) in [7, 11) is 1.52. The fourth-order valence-electron chi connectivity index (χ4n) is 1.35. The molecular formula is C12H14Cl2N2O4. The van der Waals surface area contributed by atoms with Gasteiger partial charge >= 0.3 is 12.0 Å². The van der Waals surface area contributed by atoms with Gasteiger partial charge in [-0.25, -0.2) is 9.59 Å². The maximum Gasteiger partial charge on any atom is 0.337 e. The van der Waals surface area contributed by atoms with Gasteiger partial charge in [-0.05, 0) is 19.1 Å². The predicted molar refractivity (Wildman–Crippen MR) is 76.9 cm³/mol. The number of carbonyl (C=O) groups is 2. The quantitative estimate of drug-likeness (QED) is 0.778. The van der Waals surface area contributed by atoms with E-state index in [0.717, 1.165) is 0 Å². The number of urea groups is 1. The Morgan fingerprint density at radius 2 is 2.05 bits per heavy atom. The minimum atomic E-state index is -1.24. The lowest BCUT2D eigenvalue weighted by Gasteiger charge is -2.14. The van der Waals surface area contributed by atoms with Crippen LogP contribution >= 0.6 is 23.2 Å². The largest absolute Gasteiger partial charge is 0.478 e. The molecular weight excluding hydrogens is 307 g/mol. The summed E-state index contributed by atoms with van der Waals surface area (Å²) >= 11 is 11.6. The first kappa shape index (κ1) is 16.6. The van der Waals surface area contributed by atoms with E-state index in [1.54, 1.807) is 6.92 Å². The molecule has 2 amide bonds. The van der Waals surface area contributed by atoms with Crippen LogP contribution in [0.25, 0.3) is 0 Å². The number of hydrogen-bond donors (Lipinski definition) is 3. The van der Waals surface area contributed by atoms with Crippen molar-refractivity contribution in [2.24, 2.45) is 0 Å². The highest BCUT2D eigenvalue weighted by atomic mass is 35.5. The summed E-state index contributed by atoms with van der Waals surface area (Å²) in [5.41, 5.74) is -0.191. The number of carboxylic acid groups (broad SMARTS) is 1. The van der Waals surface area contributed by atoms with Crippen molar-refractivity contribution in [3.05, 3.63) is 27.7 Å². The Labute approximate surface area is 126 Å². The summed E-state index contributed by atoms with van der Waals surface area (Å²) < 4.78 is 4.97. The van der Waals surface area contributed by atoms with Gasteiger partial charge < -0.3 is 20.5 Å². The SMILES string of the molecule is COC(C)CNC(=O)Nc1c(Cl)cc(Cl)cc1C(=O)O. The molecule has 6 nitrogen and oxygen atoms in total. The van der Waals surface area contributed by atoms with E-state index >= 15 is 0 Å². The summed E-state index contributed by atoms with van der Waals surface area (Å²) in [5.74, 6) is -1.24. The molecule has 0 radical (unpaired) electrons. The molecule has 0 aliphatic heterocycles. The van der Waals surface area contributed by atoms with Crippen LogP contribution in [0, 0.1) is 0 Å². The van der Waals surface area contributed by atoms with E-state index in [9.17, 15) is 9.59 Å². The third kappa shape index (κ3) is 4.56. The van der Waals surface area contributed by atoms with Crippen LogP contribution in [0.3, 0.4) is 0 Å². The molecule has 20 heavy (non-hydrogen) atoms. The van der Waals surface area contributed by atoms with Gasteiger partial charge in [-0.2, -0.15) is 0 Å². The molecule has 0 spiro atoms. The predicted octanol–water partition coefficient (Wildman–Crippen LogP) is 2.85. The highest BCUT2D eigenvalue weighted by molar-refractivity contribution is 6.37. The number of amides is 2. The highest BCUT2D eigenvalue weighted by Crippen LogP contribution is 2.30. The maximum atomic E-state index is 11.7. The molecule has 0 heterocycles. The van der Waals surface area contributed by atoms with Crippen molar-refractivity contribution < 1.29 is 19.4 Å². The molecule has 1 aromatic rings. The number of rotatable bonds is 5. The van der Waals surface area contributed by atoms with Gasteiger partial charge in [0.2, 0.25) is 0 Å². The van der Waals surface area contributed by atoms with Gasteiger partial charge in [-0.15, -0.1) is 0 Å². The average Bonchev–Trinajstić information content (AvgIpc) is 2.38. The Hall–Kier alpha value is -1.50. The van der Waals surface area contributed by atoms with Crippen LogP contribution in [0.2, 0.25) is 10.0 Å². The van der Waals surface area contributed by atoms with Gasteiger partial charge in [0.15, 0.2) is 0 Å². The number of methoxy groups -OCH3 is 1. The minimum absolute atomic E-state index is 0.00821. The van der Waals surface area contributed by atoms with Crippen LogP contribution in [-0.4, -0.2) is 36.9 Å². The smallest absolute Gasteiger partial charge is 0.337 e. The van der Waals surface area contributed by atoms with Crippen LogP contribution in [0.1, 0.15) is 17.3 Å². The zero-order valence-corrected chi connectivity index (χ0v) is 12.4. The van der Waals surface area contributed by atoms with Crippen molar-refractivity contribution in [3.8, 4) is 0 Å². The van der Waals surface area contributed by atoms with Gasteiger partial charge in [0.05, 0.1) is 22.4 Å². The van der Waals surface area contributed by atoms with Crippen LogP contribution in [0.5, 0.6) is 0 Å². The molecule has 0 aliphatic carbocycles. The number of ether oxygens (including phenoxy) is 1. The lowest BCUT2D eigenvalue weighted by Crippen LogP contribution is -2.35. The Morgan fingerprint density at radius 1 is 1.40 bits per heavy atom. The summed E-state index contributed by atoms with van der Waals surface area (Å²) in [6, 6.07) is 1.98. The van der Waals surface area contributed by atoms with Gasteiger partial charge in [-0.3, -0.25) is 0 Å². The van der Waals surface area contributed by atoms with E-state index in [4.69, 9.17) is 33.0 Å². The van der Waals surface area contributed by atoms with Crippen molar-refractivity contribution in [1.82, 2.24) is 5.32 Å². The van der Waals surface area contributed by atoms with E-state index in [2.05, 4.69) is 10.6 Å². The molecule has 110 valence electrons. The van der Waals surface area contributed by atoms with Gasteiger partial charge in [0.25, 0.3) is 0 Å². The second kappa shape index (κ2) is 7.33. The number of anilines is 1. The molecule has 1 atom stereocenters. The molecule has 0 aromatic heterocycles. The summed E-state index contributed by atoms with van der Waals surface area (Å²) in [4.78, 5) is 22.8. The van der Waals surface area contributed by atoms with E-state index in [0.29, 0.717) is 0 Å². The van der Waals surface area contributed by atoms with Crippen LogP contribution in [-0.2, 0) is 4.74 Å². The molecule has 8 heteroatoms. The number of hydrogen-bond acceptors (Lipinski definition) is 3. The molecule has 0 saturated carbocycles. The van der Waals surface area contributed by atoms with Crippen molar-refractivity contribution in [1.29, 1.82) is 0 Å². The van der Waals surface area contributed by atoms with E-state index in [1.807, 2.05) is 0 Å². The zero-order chi connectivity index (χ0) is 15.3. The fourth-order valence-corrected chi connectivity index (χ4v) is 1.89. The minimum Gasteiger partial charge on any atom is -0.478 e. The number of halogens is 2. The average molecular weight is 321 g/mol. The Kier molecular flexibility index (Phi) is 6.06. The normalized spacial score (nSPS) is 11.8. The van der Waals surface area contributed by atoms with Crippen LogP contribution < -0.4 is 10.6 Å². The number of carbonyl (C=O) groups excluding carboxylic acids is 1. The Morgan fingerprint density at radius 3 is 2.60 bits per heavy atom. The summed E-state index contributed by atoms with van der Waals surface area (Å²) in [6.07, 6.45) is -0.166. The molecule has 0 fully saturated rings. The van der Waals surface area contributed by atoms with Gasteiger partial charge in [0.1, 0.15) is 0 Å². The van der Waals surface area contributed by atoms with E-state index in [1.165, 1.54) is 19.2 Å². The summed E-state index contributed by atoms with van der Waals surface area (Å²) in [6.45, 7) is 2.05. The molecule has 0 saturated heterocycles. The first-order valence-electron chi connectivity index (χ1n) is 5.65. The monoisotopic (exact) mass is 320 g/mol. The third-order valence-electron chi connectivity index (χ3n) is 2.48. The first-order chi connectivity index (χ1) is 9.35. The number of aromatic carboxylic acids is 1. The van der Waals surface area contributed by atoms with E-state index in [-0.39, 0.29) is 33.9 Å². The first-order valence-corrected chi connectivity index (χ1v) is 6.40. The van der Waals surface area contributed by atoms with Crippen LogP contribution in [0.4, 0.5) is 10.5 Å². The van der Waals surface area contributed by atoms with Crippen molar-refractivity contribution >= 4 is 40.9 Å². The zero-order valence-electron chi connectivity index (χ0n) is 10.9. The Bertz CT molecular complexity index is 522. The molecule has 1 rings (SSSR count). The van der Waals surface area contributed by atoms with E-state index < -0.39 is 12.0 Å². The number of carboxylic acids is 1. The molecule has 1 aromatic carbocycles. The number of benzene rings is 1. The lowest BCUT2D eigenvalue weighted by molar-refractivity contribution is 0.0698. The standard InChI is InChI=1S/C12H14Cl2N2O4/c1-6(20-2)5-15-12(19)16-10-8(11(17)18)3-7(13)4-9(10)14/h3-4,6H,5H2,1-2H3,(H,17,18)(H2,15,16,19).